The van der Waals surface area contributed by atoms with Crippen molar-refractivity contribution < 1.29 is 9.50 Å². The van der Waals surface area contributed by atoms with Gasteiger partial charge in [-0.3, -0.25) is 0 Å². The molecule has 0 saturated heterocycles. The number of aliphatic hydroxyl groups is 1. The molecule has 102 valence electrons. The van der Waals surface area contributed by atoms with E-state index in [-0.39, 0.29) is 17.7 Å². The van der Waals surface area contributed by atoms with E-state index in [1.165, 1.54) is 11.8 Å². The number of aliphatic hydroxyl groups excluding tert-OH is 1. The van der Waals surface area contributed by atoms with Crippen LogP contribution in [0.4, 0.5) is 4.39 Å². The predicted octanol–water partition coefficient (Wildman–Crippen LogP) is 3.19. The van der Waals surface area contributed by atoms with Crippen LogP contribution >= 0.6 is 11.8 Å². The number of thioether (sulfide) groups is 1. The van der Waals surface area contributed by atoms with Crippen LogP contribution in [0.15, 0.2) is 23.1 Å². The Labute approximate surface area is 113 Å². The summed E-state index contributed by atoms with van der Waals surface area (Å²) in [5.74, 6) is -0.173. The highest BCUT2D eigenvalue weighted by molar-refractivity contribution is 7.99. The van der Waals surface area contributed by atoms with E-state index in [0.29, 0.717) is 23.9 Å². The molecule has 0 spiro atoms. The molecule has 0 fully saturated rings. The molecule has 18 heavy (non-hydrogen) atoms. The van der Waals surface area contributed by atoms with E-state index < -0.39 is 0 Å². The summed E-state index contributed by atoms with van der Waals surface area (Å²) in [6.07, 6.45) is 0.681. The van der Waals surface area contributed by atoms with Gasteiger partial charge in [0.1, 0.15) is 5.82 Å². The van der Waals surface area contributed by atoms with Crippen LogP contribution in [-0.4, -0.2) is 23.0 Å². The minimum atomic E-state index is -0.173. The Morgan fingerprint density at radius 2 is 2.06 bits per heavy atom. The Hall–Kier alpha value is -0.580. The van der Waals surface area contributed by atoms with E-state index >= 15 is 0 Å². The van der Waals surface area contributed by atoms with Crippen LogP contribution in [0.3, 0.4) is 0 Å². The fraction of sp³-hybridized carbons (Fsp3) is 0.571. The fourth-order valence-corrected chi connectivity index (χ4v) is 2.50. The molecule has 1 aromatic rings. The molecule has 1 atom stereocenters. The summed E-state index contributed by atoms with van der Waals surface area (Å²) in [5, 5.41) is 12.3. The third-order valence-corrected chi connectivity index (χ3v) is 3.80. The maximum absolute atomic E-state index is 13.9. The second-order valence-electron chi connectivity index (χ2n) is 4.74. The van der Waals surface area contributed by atoms with E-state index in [1.807, 2.05) is 19.1 Å². The molecule has 1 rings (SSSR count). The number of rotatable bonds is 7. The lowest BCUT2D eigenvalue weighted by molar-refractivity contribution is 0.289. The average molecular weight is 271 g/mol. The van der Waals surface area contributed by atoms with Gasteiger partial charge in [0.05, 0.1) is 0 Å². The van der Waals surface area contributed by atoms with Crippen molar-refractivity contribution in [3.05, 3.63) is 29.6 Å². The van der Waals surface area contributed by atoms with Crippen LogP contribution in [0.25, 0.3) is 0 Å². The van der Waals surface area contributed by atoms with Gasteiger partial charge >= 0.3 is 0 Å². The van der Waals surface area contributed by atoms with Crippen molar-refractivity contribution in [1.29, 1.82) is 0 Å². The largest absolute Gasteiger partial charge is 0.396 e. The second-order valence-corrected chi connectivity index (χ2v) is 6.22. The molecule has 1 unspecified atom stereocenters. The lowest BCUT2D eigenvalue weighted by atomic mass is 10.2. The SMILES string of the molecule is CC(C)NCc1ccc(SC(C)CCO)c(F)c1. The summed E-state index contributed by atoms with van der Waals surface area (Å²) < 4.78 is 13.9. The van der Waals surface area contributed by atoms with E-state index in [4.69, 9.17) is 5.11 Å². The first-order valence-electron chi connectivity index (χ1n) is 6.32. The van der Waals surface area contributed by atoms with Crippen LogP contribution in [0.2, 0.25) is 0 Å². The second kappa shape index (κ2) is 7.77. The van der Waals surface area contributed by atoms with Crippen molar-refractivity contribution in [1.82, 2.24) is 5.32 Å². The summed E-state index contributed by atoms with van der Waals surface area (Å²) in [7, 11) is 0. The van der Waals surface area contributed by atoms with Crippen LogP contribution in [0, 0.1) is 5.82 Å². The molecule has 1 aromatic carbocycles. The summed E-state index contributed by atoms with van der Waals surface area (Å²) >= 11 is 1.47. The van der Waals surface area contributed by atoms with Gasteiger partial charge in [-0.05, 0) is 24.1 Å². The number of hydrogen-bond donors (Lipinski definition) is 2. The number of benzene rings is 1. The van der Waals surface area contributed by atoms with Crippen molar-refractivity contribution in [3.63, 3.8) is 0 Å². The molecule has 2 nitrogen and oxygen atoms in total. The Balaban J connectivity index is 2.61. The average Bonchev–Trinajstić information content (AvgIpc) is 2.30. The fourth-order valence-electron chi connectivity index (χ4n) is 1.53. The first kappa shape index (κ1) is 15.5. The first-order chi connectivity index (χ1) is 8.52. The molecule has 0 aromatic heterocycles. The van der Waals surface area contributed by atoms with Crippen molar-refractivity contribution in [2.75, 3.05) is 6.61 Å². The maximum atomic E-state index is 13.9. The van der Waals surface area contributed by atoms with Gasteiger partial charge < -0.3 is 10.4 Å². The van der Waals surface area contributed by atoms with Crippen molar-refractivity contribution in [3.8, 4) is 0 Å². The Bertz CT molecular complexity index is 371. The van der Waals surface area contributed by atoms with Crippen LogP contribution in [-0.2, 0) is 6.54 Å². The lowest BCUT2D eigenvalue weighted by Gasteiger charge is -2.12. The van der Waals surface area contributed by atoms with Gasteiger partial charge in [-0.15, -0.1) is 11.8 Å². The minimum Gasteiger partial charge on any atom is -0.396 e. The Morgan fingerprint density at radius 1 is 1.33 bits per heavy atom. The zero-order valence-electron chi connectivity index (χ0n) is 11.2. The van der Waals surface area contributed by atoms with Crippen LogP contribution in [0.5, 0.6) is 0 Å². The highest BCUT2D eigenvalue weighted by atomic mass is 32.2. The molecule has 0 aliphatic heterocycles. The predicted molar refractivity (Wildman–Crippen MR) is 75.4 cm³/mol. The topological polar surface area (TPSA) is 32.3 Å². The van der Waals surface area contributed by atoms with Crippen LogP contribution in [0.1, 0.15) is 32.8 Å². The molecule has 0 aliphatic carbocycles. The molecular formula is C14H22FNOS. The zero-order valence-corrected chi connectivity index (χ0v) is 12.1. The van der Waals surface area contributed by atoms with E-state index in [9.17, 15) is 4.39 Å². The summed E-state index contributed by atoms with van der Waals surface area (Å²) in [6, 6.07) is 5.76. The van der Waals surface area contributed by atoms with E-state index in [1.54, 1.807) is 6.07 Å². The molecule has 0 aliphatic rings. The molecule has 0 amide bonds. The molecule has 0 heterocycles. The molecule has 4 heteroatoms. The molecule has 0 bridgehead atoms. The number of nitrogens with one attached hydrogen (secondary N) is 1. The van der Waals surface area contributed by atoms with Gasteiger partial charge in [0.25, 0.3) is 0 Å². The molecular weight excluding hydrogens is 249 g/mol. The van der Waals surface area contributed by atoms with Crippen molar-refractivity contribution in [2.45, 2.75) is 49.9 Å². The lowest BCUT2D eigenvalue weighted by Crippen LogP contribution is -2.21. The quantitative estimate of drug-likeness (QED) is 0.747. The highest BCUT2D eigenvalue weighted by Crippen LogP contribution is 2.28. The van der Waals surface area contributed by atoms with Gasteiger partial charge in [0.2, 0.25) is 0 Å². The number of halogens is 1. The number of hydrogen-bond acceptors (Lipinski definition) is 3. The van der Waals surface area contributed by atoms with E-state index in [0.717, 1.165) is 5.56 Å². The van der Waals surface area contributed by atoms with Gasteiger partial charge in [-0.1, -0.05) is 26.8 Å². The zero-order chi connectivity index (χ0) is 13.5. The van der Waals surface area contributed by atoms with Crippen LogP contribution < -0.4 is 5.32 Å². The summed E-state index contributed by atoms with van der Waals surface area (Å²) in [5.41, 5.74) is 0.959. The summed E-state index contributed by atoms with van der Waals surface area (Å²) in [6.45, 7) is 6.96. The first-order valence-corrected chi connectivity index (χ1v) is 7.20. The van der Waals surface area contributed by atoms with Gasteiger partial charge in [0, 0.05) is 29.3 Å². The third-order valence-electron chi connectivity index (χ3n) is 2.57. The van der Waals surface area contributed by atoms with Crippen molar-refractivity contribution in [2.24, 2.45) is 0 Å². The van der Waals surface area contributed by atoms with Gasteiger partial charge in [-0.25, -0.2) is 4.39 Å². The van der Waals surface area contributed by atoms with Crippen molar-refractivity contribution >= 4 is 11.8 Å². The van der Waals surface area contributed by atoms with Gasteiger partial charge in [0.15, 0.2) is 0 Å². The van der Waals surface area contributed by atoms with E-state index in [2.05, 4.69) is 19.2 Å². The smallest absolute Gasteiger partial charge is 0.137 e. The monoisotopic (exact) mass is 271 g/mol. The van der Waals surface area contributed by atoms with Gasteiger partial charge in [-0.2, -0.15) is 0 Å². The third kappa shape index (κ3) is 5.38. The minimum absolute atomic E-state index is 0.145. The molecule has 0 radical (unpaired) electrons. The summed E-state index contributed by atoms with van der Waals surface area (Å²) in [4.78, 5) is 0.657. The standard InChI is InChI=1S/C14H22FNOS/c1-10(2)16-9-12-4-5-14(13(15)8-12)18-11(3)6-7-17/h4-5,8,10-11,16-17H,6-7,9H2,1-3H3. The maximum Gasteiger partial charge on any atom is 0.137 e. The molecule has 2 N–H and O–H groups in total. The Morgan fingerprint density at radius 3 is 2.61 bits per heavy atom. The normalized spacial score (nSPS) is 13.0. The Kier molecular flexibility index (Phi) is 6.68. The molecule has 0 saturated carbocycles. The highest BCUT2D eigenvalue weighted by Gasteiger charge is 2.09.